The second-order valence-electron chi connectivity index (χ2n) is 3.22. The van der Waals surface area contributed by atoms with Gasteiger partial charge in [0.15, 0.2) is 5.82 Å². The van der Waals surface area contributed by atoms with E-state index in [1.54, 1.807) is 6.20 Å². The Bertz CT molecular complexity index is 446. The van der Waals surface area contributed by atoms with Crippen molar-refractivity contribution in [3.8, 4) is 0 Å². The molecule has 0 unspecified atom stereocenters. The van der Waals surface area contributed by atoms with Crippen molar-refractivity contribution in [2.75, 3.05) is 0 Å². The number of pyridine rings is 1. The third-order valence-electron chi connectivity index (χ3n) is 1.95. The van der Waals surface area contributed by atoms with Crippen LogP contribution in [0.4, 0.5) is 11.5 Å². The molecule has 0 saturated heterocycles. The molecular weight excluding hydrogens is 186 g/mol. The van der Waals surface area contributed by atoms with Crippen molar-refractivity contribution in [3.05, 3.63) is 54.2 Å². The molecule has 1 aromatic carbocycles. The zero-order valence-corrected chi connectivity index (χ0v) is 8.46. The summed E-state index contributed by atoms with van der Waals surface area (Å²) in [4.78, 5) is 4.05. The SMILES string of the molecule is Cc1ccc(N=Nc2ccccn2)cc1. The van der Waals surface area contributed by atoms with E-state index in [0.717, 1.165) is 5.69 Å². The minimum atomic E-state index is 0.623. The smallest absolute Gasteiger partial charge is 0.174 e. The predicted molar refractivity (Wildman–Crippen MR) is 59.6 cm³/mol. The van der Waals surface area contributed by atoms with Gasteiger partial charge in [0.05, 0.1) is 5.69 Å². The van der Waals surface area contributed by atoms with Crippen molar-refractivity contribution in [2.24, 2.45) is 10.2 Å². The molecule has 1 aromatic heterocycles. The number of nitrogens with zero attached hydrogens (tertiary/aromatic N) is 3. The number of aryl methyl sites for hydroxylation is 1. The number of hydrogen-bond donors (Lipinski definition) is 0. The third kappa shape index (κ3) is 2.71. The van der Waals surface area contributed by atoms with Crippen molar-refractivity contribution in [2.45, 2.75) is 6.92 Å². The van der Waals surface area contributed by atoms with Crippen LogP contribution in [0.1, 0.15) is 5.56 Å². The lowest BCUT2D eigenvalue weighted by Gasteiger charge is -1.93. The lowest BCUT2D eigenvalue weighted by molar-refractivity contribution is 1.15. The monoisotopic (exact) mass is 197 g/mol. The Morgan fingerprint density at radius 2 is 1.73 bits per heavy atom. The van der Waals surface area contributed by atoms with E-state index < -0.39 is 0 Å². The van der Waals surface area contributed by atoms with Crippen LogP contribution >= 0.6 is 0 Å². The van der Waals surface area contributed by atoms with Crippen LogP contribution in [-0.4, -0.2) is 4.98 Å². The normalized spacial score (nSPS) is 10.7. The molecule has 3 nitrogen and oxygen atoms in total. The molecule has 74 valence electrons. The zero-order chi connectivity index (χ0) is 10.5. The highest BCUT2D eigenvalue weighted by atomic mass is 15.1. The maximum Gasteiger partial charge on any atom is 0.174 e. The Morgan fingerprint density at radius 3 is 2.40 bits per heavy atom. The molecule has 0 N–H and O–H groups in total. The van der Waals surface area contributed by atoms with Crippen LogP contribution in [0.2, 0.25) is 0 Å². The van der Waals surface area contributed by atoms with Crippen molar-refractivity contribution in [1.82, 2.24) is 4.98 Å². The quantitative estimate of drug-likeness (QED) is 0.674. The van der Waals surface area contributed by atoms with Crippen LogP contribution in [0.15, 0.2) is 58.9 Å². The van der Waals surface area contributed by atoms with Gasteiger partial charge in [-0.2, -0.15) is 0 Å². The predicted octanol–water partition coefficient (Wildman–Crippen LogP) is 3.81. The van der Waals surface area contributed by atoms with E-state index in [0.29, 0.717) is 5.82 Å². The van der Waals surface area contributed by atoms with E-state index in [4.69, 9.17) is 0 Å². The molecular formula is C12H11N3. The highest BCUT2D eigenvalue weighted by Crippen LogP contribution is 2.16. The van der Waals surface area contributed by atoms with E-state index in [2.05, 4.69) is 15.2 Å². The lowest BCUT2D eigenvalue weighted by Crippen LogP contribution is -1.70. The molecule has 0 radical (unpaired) electrons. The average Bonchev–Trinajstić information content (AvgIpc) is 2.30. The maximum atomic E-state index is 4.08. The van der Waals surface area contributed by atoms with Crippen LogP contribution < -0.4 is 0 Å². The summed E-state index contributed by atoms with van der Waals surface area (Å²) in [6, 6.07) is 13.4. The molecule has 0 atom stereocenters. The van der Waals surface area contributed by atoms with Crippen molar-refractivity contribution in [1.29, 1.82) is 0 Å². The van der Waals surface area contributed by atoms with Crippen molar-refractivity contribution in [3.63, 3.8) is 0 Å². The van der Waals surface area contributed by atoms with Gasteiger partial charge in [-0.15, -0.1) is 10.2 Å². The molecule has 3 heteroatoms. The molecule has 2 rings (SSSR count). The first-order valence-corrected chi connectivity index (χ1v) is 4.74. The molecule has 0 aliphatic heterocycles. The first kappa shape index (κ1) is 9.52. The fourth-order valence-electron chi connectivity index (χ4n) is 1.13. The molecule has 0 saturated carbocycles. The molecule has 2 aromatic rings. The molecule has 0 fully saturated rings. The van der Waals surface area contributed by atoms with Gasteiger partial charge in [0, 0.05) is 6.20 Å². The van der Waals surface area contributed by atoms with E-state index in [1.165, 1.54) is 5.56 Å². The van der Waals surface area contributed by atoms with Gasteiger partial charge in [0.25, 0.3) is 0 Å². The summed E-state index contributed by atoms with van der Waals surface area (Å²) in [5, 5.41) is 8.10. The molecule has 1 heterocycles. The second kappa shape index (κ2) is 4.46. The first-order chi connectivity index (χ1) is 7.34. The van der Waals surface area contributed by atoms with Gasteiger partial charge < -0.3 is 0 Å². The summed E-state index contributed by atoms with van der Waals surface area (Å²) < 4.78 is 0. The first-order valence-electron chi connectivity index (χ1n) is 4.74. The Hall–Kier alpha value is -2.03. The number of benzene rings is 1. The number of hydrogen-bond acceptors (Lipinski definition) is 3. The largest absolute Gasteiger partial charge is 0.236 e. The lowest BCUT2D eigenvalue weighted by atomic mass is 10.2. The van der Waals surface area contributed by atoms with E-state index in [9.17, 15) is 0 Å². The number of azo groups is 1. The van der Waals surface area contributed by atoms with Crippen LogP contribution in [0, 0.1) is 6.92 Å². The van der Waals surface area contributed by atoms with Gasteiger partial charge in [-0.1, -0.05) is 23.8 Å². The second-order valence-corrected chi connectivity index (χ2v) is 3.22. The minimum absolute atomic E-state index is 0.623. The van der Waals surface area contributed by atoms with Gasteiger partial charge in [0.2, 0.25) is 0 Å². The molecule has 15 heavy (non-hydrogen) atoms. The Balaban J connectivity index is 2.15. The van der Waals surface area contributed by atoms with E-state index in [1.807, 2.05) is 49.4 Å². The van der Waals surface area contributed by atoms with E-state index in [-0.39, 0.29) is 0 Å². The summed E-state index contributed by atoms with van der Waals surface area (Å²) in [7, 11) is 0. The summed E-state index contributed by atoms with van der Waals surface area (Å²) in [6.45, 7) is 2.04. The van der Waals surface area contributed by atoms with Crippen molar-refractivity contribution < 1.29 is 0 Å². The Labute approximate surface area is 88.5 Å². The summed E-state index contributed by atoms with van der Waals surface area (Å²) in [5.41, 5.74) is 2.05. The highest BCUT2D eigenvalue weighted by molar-refractivity contribution is 5.38. The third-order valence-corrected chi connectivity index (χ3v) is 1.95. The Morgan fingerprint density at radius 1 is 0.933 bits per heavy atom. The van der Waals surface area contributed by atoms with Gasteiger partial charge >= 0.3 is 0 Å². The number of rotatable bonds is 2. The van der Waals surface area contributed by atoms with Crippen molar-refractivity contribution >= 4 is 11.5 Å². The van der Waals surface area contributed by atoms with Crippen LogP contribution in [-0.2, 0) is 0 Å². The van der Waals surface area contributed by atoms with E-state index >= 15 is 0 Å². The molecule has 0 amide bonds. The zero-order valence-electron chi connectivity index (χ0n) is 8.46. The molecule has 0 bridgehead atoms. The maximum absolute atomic E-state index is 4.08. The summed E-state index contributed by atoms with van der Waals surface area (Å²) >= 11 is 0. The molecule has 0 aliphatic rings. The minimum Gasteiger partial charge on any atom is -0.236 e. The number of aromatic nitrogens is 1. The van der Waals surface area contributed by atoms with Gasteiger partial charge in [-0.25, -0.2) is 4.98 Å². The highest BCUT2D eigenvalue weighted by Gasteiger charge is 1.89. The van der Waals surface area contributed by atoms with Crippen LogP contribution in [0.25, 0.3) is 0 Å². The Kier molecular flexibility index (Phi) is 2.83. The van der Waals surface area contributed by atoms with Gasteiger partial charge in [0.1, 0.15) is 0 Å². The fourth-order valence-corrected chi connectivity index (χ4v) is 1.13. The van der Waals surface area contributed by atoms with Crippen LogP contribution in [0.5, 0.6) is 0 Å². The van der Waals surface area contributed by atoms with Crippen LogP contribution in [0.3, 0.4) is 0 Å². The average molecular weight is 197 g/mol. The molecule has 0 spiro atoms. The summed E-state index contributed by atoms with van der Waals surface area (Å²) in [5.74, 6) is 0.623. The van der Waals surface area contributed by atoms with Gasteiger partial charge in [-0.05, 0) is 31.2 Å². The standard InChI is InChI=1S/C12H11N3/c1-10-5-7-11(8-6-10)14-15-12-4-2-3-9-13-12/h2-9H,1H3. The topological polar surface area (TPSA) is 37.6 Å². The fraction of sp³-hybridized carbons (Fsp3) is 0.0833. The molecule has 0 aliphatic carbocycles. The summed E-state index contributed by atoms with van der Waals surface area (Å²) in [6.07, 6.45) is 1.70. The van der Waals surface area contributed by atoms with Gasteiger partial charge in [-0.3, -0.25) is 0 Å².